The highest BCUT2D eigenvalue weighted by Crippen LogP contribution is 2.57. The molecule has 0 amide bonds. The normalized spacial score (nSPS) is 27.1. The van der Waals surface area contributed by atoms with Gasteiger partial charge in [0, 0.05) is 18.0 Å². The number of pyridine rings is 1. The molecule has 0 bridgehead atoms. The highest BCUT2D eigenvalue weighted by Gasteiger charge is 2.77. The molecule has 4 heterocycles. The quantitative estimate of drug-likeness (QED) is 0.504. The molecule has 1 aromatic rings. The molecule has 0 spiro atoms. The van der Waals surface area contributed by atoms with Crippen molar-refractivity contribution in [1.29, 1.82) is 0 Å². The fraction of sp³-hybridized carbons (Fsp3) is 0.808. The third-order valence-corrected chi connectivity index (χ3v) is 9.59. The van der Waals surface area contributed by atoms with Gasteiger partial charge < -0.3 is 32.7 Å². The van der Waals surface area contributed by atoms with Crippen molar-refractivity contribution >= 4 is 21.4 Å². The van der Waals surface area contributed by atoms with Gasteiger partial charge in [-0.25, -0.2) is 0 Å². The first kappa shape index (κ1) is 28.9. The lowest BCUT2D eigenvalue weighted by Crippen LogP contribution is -2.60. The SMILES string of the molecule is COc1ccnc(CC(B2OC(C)(C)C(C)(C)O2)(B2OC(C)(C)C(C)(C)O2)B2OC(C)(C)C(C)(C)O2)c1. The average Bonchev–Trinajstić information content (AvgIpc) is 3.20. The Bertz CT molecular complexity index is 891. The summed E-state index contributed by atoms with van der Waals surface area (Å²) >= 11 is 0. The summed E-state index contributed by atoms with van der Waals surface area (Å²) in [4.78, 5) is 4.69. The molecule has 3 fully saturated rings. The monoisotopic (exact) mass is 515 g/mol. The Balaban J connectivity index is 1.93. The van der Waals surface area contributed by atoms with Crippen LogP contribution < -0.4 is 4.74 Å². The highest BCUT2D eigenvalue weighted by atomic mass is 16.7. The maximum absolute atomic E-state index is 6.75. The summed E-state index contributed by atoms with van der Waals surface area (Å²) in [5, 5.41) is -1.08. The minimum Gasteiger partial charge on any atom is -0.497 e. The summed E-state index contributed by atoms with van der Waals surface area (Å²) in [6, 6.07) is 3.74. The van der Waals surface area contributed by atoms with E-state index in [0.29, 0.717) is 12.2 Å². The molecule has 0 aromatic carbocycles. The van der Waals surface area contributed by atoms with Crippen molar-refractivity contribution in [2.75, 3.05) is 7.11 Å². The summed E-state index contributed by atoms with van der Waals surface area (Å²) < 4.78 is 46.0. The molecule has 204 valence electrons. The summed E-state index contributed by atoms with van der Waals surface area (Å²) in [5.74, 6) is 0.704. The number of aromatic nitrogens is 1. The third kappa shape index (κ3) is 4.57. The van der Waals surface area contributed by atoms with Gasteiger partial charge in [-0.05, 0) is 95.6 Å². The summed E-state index contributed by atoms with van der Waals surface area (Å²) in [7, 11) is -0.706. The summed E-state index contributed by atoms with van der Waals surface area (Å²) in [6.45, 7) is 24.5. The van der Waals surface area contributed by atoms with E-state index in [1.165, 1.54) is 0 Å². The smallest absolute Gasteiger partial charge is 0.460 e. The molecule has 1 aromatic heterocycles. The van der Waals surface area contributed by atoms with Gasteiger partial charge in [0.2, 0.25) is 0 Å². The van der Waals surface area contributed by atoms with E-state index >= 15 is 0 Å². The fourth-order valence-electron chi connectivity index (χ4n) is 4.76. The zero-order valence-corrected chi connectivity index (χ0v) is 25.0. The Hall–Kier alpha value is -1.10. The van der Waals surface area contributed by atoms with E-state index in [1.54, 1.807) is 13.3 Å². The van der Waals surface area contributed by atoms with E-state index in [1.807, 2.05) is 95.2 Å². The molecule has 4 rings (SSSR count). The Morgan fingerprint density at radius 2 is 0.973 bits per heavy atom. The van der Waals surface area contributed by atoms with Crippen LogP contribution in [-0.4, -0.2) is 67.1 Å². The molecule has 0 saturated carbocycles. The Kier molecular flexibility index (Phi) is 6.80. The lowest BCUT2D eigenvalue weighted by Gasteiger charge is -2.38. The summed E-state index contributed by atoms with van der Waals surface area (Å²) in [6.07, 6.45) is 2.08. The molecule has 3 aliphatic heterocycles. The highest BCUT2D eigenvalue weighted by molar-refractivity contribution is 6.89. The second-order valence-corrected chi connectivity index (χ2v) is 13.7. The van der Waals surface area contributed by atoms with E-state index in [0.717, 1.165) is 5.69 Å². The topological polar surface area (TPSA) is 77.5 Å². The van der Waals surface area contributed by atoms with E-state index in [4.69, 9.17) is 37.6 Å². The maximum atomic E-state index is 6.75. The minimum absolute atomic E-state index is 0.342. The lowest BCUT2D eigenvalue weighted by atomic mass is 9.23. The molecule has 37 heavy (non-hydrogen) atoms. The Morgan fingerprint density at radius 1 is 0.649 bits per heavy atom. The average molecular weight is 515 g/mol. The van der Waals surface area contributed by atoms with Crippen LogP contribution in [0.25, 0.3) is 0 Å². The Labute approximate surface area is 224 Å². The number of nitrogens with zero attached hydrogens (tertiary/aromatic N) is 1. The van der Waals surface area contributed by atoms with Crippen LogP contribution in [0, 0.1) is 0 Å². The number of rotatable bonds is 6. The van der Waals surface area contributed by atoms with Crippen molar-refractivity contribution in [2.24, 2.45) is 0 Å². The third-order valence-electron chi connectivity index (χ3n) is 9.59. The zero-order chi connectivity index (χ0) is 27.9. The molecule has 3 aliphatic rings. The van der Waals surface area contributed by atoms with Crippen molar-refractivity contribution in [2.45, 2.75) is 128 Å². The van der Waals surface area contributed by atoms with Crippen LogP contribution in [0.1, 0.15) is 88.8 Å². The van der Waals surface area contributed by atoms with Gasteiger partial charge in [-0.2, -0.15) is 0 Å². The van der Waals surface area contributed by atoms with Crippen molar-refractivity contribution in [3.63, 3.8) is 0 Å². The van der Waals surface area contributed by atoms with Gasteiger partial charge in [0.05, 0.1) is 45.8 Å². The zero-order valence-electron chi connectivity index (χ0n) is 25.0. The van der Waals surface area contributed by atoms with Crippen LogP contribution in [-0.2, 0) is 34.3 Å². The molecular weight excluding hydrogens is 471 g/mol. The minimum atomic E-state index is -1.08. The predicted molar refractivity (Wildman–Crippen MR) is 145 cm³/mol. The Morgan fingerprint density at radius 3 is 1.27 bits per heavy atom. The van der Waals surface area contributed by atoms with Crippen LogP contribution in [0.2, 0.25) is 5.11 Å². The van der Waals surface area contributed by atoms with Gasteiger partial charge >= 0.3 is 21.4 Å². The van der Waals surface area contributed by atoms with Gasteiger partial charge in [0.1, 0.15) is 5.75 Å². The van der Waals surface area contributed by atoms with Gasteiger partial charge in [0.25, 0.3) is 0 Å². The van der Waals surface area contributed by atoms with Gasteiger partial charge in [0.15, 0.2) is 0 Å². The van der Waals surface area contributed by atoms with Crippen LogP contribution in [0.4, 0.5) is 0 Å². The number of ether oxygens (including phenoxy) is 1. The van der Waals surface area contributed by atoms with Crippen molar-refractivity contribution < 1.29 is 32.7 Å². The molecule has 0 radical (unpaired) electrons. The maximum Gasteiger partial charge on any atom is 0.460 e. The van der Waals surface area contributed by atoms with Crippen molar-refractivity contribution in [3.05, 3.63) is 24.0 Å². The molecule has 11 heteroatoms. The molecule has 8 nitrogen and oxygen atoms in total. The first-order chi connectivity index (χ1) is 16.7. The number of methoxy groups -OCH3 is 1. The predicted octanol–water partition coefficient (Wildman–Crippen LogP) is 4.73. The molecule has 0 N–H and O–H groups in total. The fourth-order valence-corrected chi connectivity index (χ4v) is 4.76. The molecule has 3 saturated heterocycles. The molecule has 0 atom stereocenters. The first-order valence-corrected chi connectivity index (χ1v) is 13.3. The summed E-state index contributed by atoms with van der Waals surface area (Å²) in [5.41, 5.74) is -2.83. The van der Waals surface area contributed by atoms with E-state index < -0.39 is 60.1 Å². The van der Waals surface area contributed by atoms with E-state index in [-0.39, 0.29) is 0 Å². The van der Waals surface area contributed by atoms with E-state index in [2.05, 4.69) is 0 Å². The first-order valence-electron chi connectivity index (χ1n) is 13.3. The molecular formula is C26H44B3NO7. The van der Waals surface area contributed by atoms with Crippen LogP contribution in [0.15, 0.2) is 18.3 Å². The van der Waals surface area contributed by atoms with E-state index in [9.17, 15) is 0 Å². The number of hydrogen-bond acceptors (Lipinski definition) is 8. The molecule has 0 unspecified atom stereocenters. The largest absolute Gasteiger partial charge is 0.497 e. The van der Waals surface area contributed by atoms with Crippen LogP contribution in [0.3, 0.4) is 0 Å². The van der Waals surface area contributed by atoms with Gasteiger partial charge in [-0.15, -0.1) is 0 Å². The van der Waals surface area contributed by atoms with Gasteiger partial charge in [-0.1, -0.05) is 0 Å². The second kappa shape index (κ2) is 8.70. The number of hydrogen-bond donors (Lipinski definition) is 0. The van der Waals surface area contributed by atoms with Crippen LogP contribution in [0.5, 0.6) is 5.75 Å². The van der Waals surface area contributed by atoms with Crippen LogP contribution >= 0.6 is 0 Å². The standard InChI is InChI=1S/C26H44B3NO7/c1-20(2)21(3,4)33-27(32-20)26(17-18-16-19(31-13)14-15-30-18,28-34-22(5,6)23(7,8)35-28)29-36-24(9,10)25(11,12)37-29/h14-16H,17H2,1-13H3. The lowest BCUT2D eigenvalue weighted by molar-refractivity contribution is 0.00578. The van der Waals surface area contributed by atoms with Crippen molar-refractivity contribution in [1.82, 2.24) is 4.98 Å². The van der Waals surface area contributed by atoms with Crippen molar-refractivity contribution in [3.8, 4) is 5.75 Å². The molecule has 0 aliphatic carbocycles. The van der Waals surface area contributed by atoms with Gasteiger partial charge in [-0.3, -0.25) is 4.98 Å². The second-order valence-electron chi connectivity index (χ2n) is 13.7.